The Morgan fingerprint density at radius 2 is 1.11 bits per heavy atom. The third-order valence-corrected chi connectivity index (χ3v) is 13.4. The summed E-state index contributed by atoms with van der Waals surface area (Å²) in [5.74, 6) is 0.907. The summed E-state index contributed by atoms with van der Waals surface area (Å²) in [5.41, 5.74) is 9.84. The third-order valence-electron chi connectivity index (χ3n) is 10.4. The number of rotatable bonds is 9. The van der Waals surface area contributed by atoms with E-state index in [0.29, 0.717) is 26.6 Å². The smallest absolute Gasteiger partial charge is 0.187 e. The number of hydrogen-bond acceptors (Lipinski definition) is 12. The zero-order chi connectivity index (χ0) is 40.8. The molecule has 308 valence electrons. The van der Waals surface area contributed by atoms with Gasteiger partial charge in [0.05, 0.1) is 58.7 Å². The van der Waals surface area contributed by atoms with Crippen LogP contribution in [0.15, 0.2) is 12.1 Å². The van der Waals surface area contributed by atoms with Crippen LogP contribution in [0.25, 0.3) is 32.2 Å². The Labute approximate surface area is 358 Å². The summed E-state index contributed by atoms with van der Waals surface area (Å²) < 4.78 is 14.9. The van der Waals surface area contributed by atoms with Gasteiger partial charge in [0.2, 0.25) is 0 Å². The molecule has 0 unspecified atom stereocenters. The van der Waals surface area contributed by atoms with Gasteiger partial charge < -0.3 is 19.7 Å². The molecule has 2 aliphatic rings. The highest BCUT2D eigenvalue weighted by Crippen LogP contribution is 2.42. The Kier molecular flexibility index (Phi) is 15.2. The van der Waals surface area contributed by atoms with Gasteiger partial charge in [-0.1, -0.05) is 73.8 Å². The number of aromatic nitrogens is 8. The summed E-state index contributed by atoms with van der Waals surface area (Å²) >= 11 is 21.9. The Bertz CT molecular complexity index is 2260. The average Bonchev–Trinajstić information content (AvgIpc) is 3.95. The molecule has 8 rings (SSSR count). The van der Waals surface area contributed by atoms with Crippen LogP contribution in [0.4, 0.5) is 5.13 Å². The summed E-state index contributed by atoms with van der Waals surface area (Å²) in [4.78, 5) is 22.3. The molecule has 57 heavy (non-hydrogen) atoms. The number of fused-ring (bicyclic) bond motifs is 2. The first-order chi connectivity index (χ1) is 27.5. The van der Waals surface area contributed by atoms with Gasteiger partial charge in [-0.15, -0.1) is 11.3 Å². The second kappa shape index (κ2) is 19.9. The van der Waals surface area contributed by atoms with Crippen LogP contribution >= 0.6 is 57.5 Å². The molecule has 6 aromatic heterocycles. The van der Waals surface area contributed by atoms with Crippen LogP contribution in [0, 0.1) is 27.7 Å². The molecular formula is C40H53Cl3N10O2S2. The maximum Gasteiger partial charge on any atom is 0.187 e. The fourth-order valence-corrected chi connectivity index (χ4v) is 10.3. The van der Waals surface area contributed by atoms with E-state index in [1.165, 1.54) is 22.7 Å². The van der Waals surface area contributed by atoms with Crippen molar-refractivity contribution in [2.45, 2.75) is 92.9 Å². The Balaban J connectivity index is 0.000000170. The van der Waals surface area contributed by atoms with Crippen molar-refractivity contribution in [3.05, 3.63) is 61.1 Å². The summed E-state index contributed by atoms with van der Waals surface area (Å²) in [6.45, 7) is 23.9. The van der Waals surface area contributed by atoms with E-state index in [2.05, 4.69) is 60.0 Å². The van der Waals surface area contributed by atoms with Crippen LogP contribution in [-0.4, -0.2) is 91.8 Å². The molecule has 0 radical (unpaired) electrons. The van der Waals surface area contributed by atoms with Crippen molar-refractivity contribution in [1.29, 1.82) is 0 Å². The van der Waals surface area contributed by atoms with E-state index >= 15 is 0 Å². The molecule has 2 aliphatic heterocycles. The molecule has 0 amide bonds. The summed E-state index contributed by atoms with van der Waals surface area (Å²) in [5, 5.41) is 14.6. The normalized spacial score (nSPS) is 14.7. The fourth-order valence-electron chi connectivity index (χ4n) is 7.35. The number of ether oxygens (including phenoxy) is 2. The van der Waals surface area contributed by atoms with Gasteiger partial charge in [-0.3, -0.25) is 0 Å². The summed E-state index contributed by atoms with van der Waals surface area (Å²) in [6.07, 6.45) is 4.28. The highest BCUT2D eigenvalue weighted by Gasteiger charge is 2.26. The number of nitrogens with one attached hydrogen (secondary N) is 1. The van der Waals surface area contributed by atoms with Gasteiger partial charge >= 0.3 is 0 Å². The predicted molar refractivity (Wildman–Crippen MR) is 236 cm³/mol. The predicted octanol–water partition coefficient (Wildman–Crippen LogP) is 10.1. The summed E-state index contributed by atoms with van der Waals surface area (Å²) in [6, 6.07) is 4.29. The molecule has 0 atom stereocenters. The molecule has 0 spiro atoms. The van der Waals surface area contributed by atoms with Gasteiger partial charge in [-0.25, -0.2) is 29.0 Å². The van der Waals surface area contributed by atoms with E-state index in [1.807, 2.05) is 36.7 Å². The van der Waals surface area contributed by atoms with E-state index in [9.17, 15) is 0 Å². The largest absolute Gasteiger partial charge is 0.379 e. The number of hydrogen-bond donors (Lipinski definition) is 1. The number of nitrogens with zero attached hydrogens (tertiary/aromatic N) is 9. The molecule has 8 heterocycles. The van der Waals surface area contributed by atoms with Crippen molar-refractivity contribution in [3.63, 3.8) is 0 Å². The quantitative estimate of drug-likeness (QED) is 0.150. The minimum Gasteiger partial charge on any atom is -0.379 e. The molecule has 0 aliphatic carbocycles. The topological polar surface area (TPSA) is 120 Å². The van der Waals surface area contributed by atoms with Crippen molar-refractivity contribution in [2.24, 2.45) is 0 Å². The minimum absolute atomic E-state index is 0.408. The molecule has 0 saturated carbocycles. The van der Waals surface area contributed by atoms with E-state index in [0.717, 1.165) is 138 Å². The first-order valence-corrected chi connectivity index (χ1v) is 22.6. The average molecular weight is 876 g/mol. The van der Waals surface area contributed by atoms with E-state index in [-0.39, 0.29) is 0 Å². The lowest BCUT2D eigenvalue weighted by Gasteiger charge is -2.25. The highest BCUT2D eigenvalue weighted by molar-refractivity contribution is 7.20. The zero-order valence-corrected chi connectivity index (χ0v) is 38.0. The molecular weight excluding hydrogens is 823 g/mol. The van der Waals surface area contributed by atoms with Gasteiger partial charge in [-0.2, -0.15) is 10.2 Å². The van der Waals surface area contributed by atoms with Crippen LogP contribution in [0.3, 0.4) is 0 Å². The SMILES string of the molecule is C1COCCN1.CCC(CC)c1cc(C)nc2c(-c3sc(Cl)nc3Cl)c(C)nn12.CCC(CC)c1cc(C)nc2c(-c3sc(N4CCOCC4)nc3Cl)c(C)nn12. The lowest BCUT2D eigenvalue weighted by atomic mass is 9.98. The molecule has 1 N–H and O–H groups in total. The minimum atomic E-state index is 0.408. The standard InChI is InChI=1S/C20H26ClN5OS.C16H18Cl2N4S.C4H9NO/c1-5-14(6-2)15-11-12(3)22-19-16(13(4)24-26(15)19)17-18(21)23-20(28-17)25-7-9-27-10-8-25;1-5-10(6-2)11-7-8(3)19-15-12(9(4)21-22(11)15)13-14(17)20-16(18)23-13;1-3-6-4-2-5-1/h11,14H,5-10H2,1-4H3;7,10H,5-6H2,1-4H3;5H,1-4H2. The second-order valence-electron chi connectivity index (χ2n) is 14.2. The summed E-state index contributed by atoms with van der Waals surface area (Å²) in [7, 11) is 0. The molecule has 0 bridgehead atoms. The molecule has 6 aromatic rings. The molecule has 17 heteroatoms. The van der Waals surface area contributed by atoms with E-state index in [4.69, 9.17) is 64.4 Å². The van der Waals surface area contributed by atoms with E-state index < -0.39 is 0 Å². The maximum absolute atomic E-state index is 6.60. The van der Waals surface area contributed by atoms with Gasteiger partial charge in [0.25, 0.3) is 0 Å². The van der Waals surface area contributed by atoms with E-state index in [1.54, 1.807) is 11.3 Å². The van der Waals surface area contributed by atoms with Crippen LogP contribution in [0.1, 0.15) is 99.4 Å². The van der Waals surface area contributed by atoms with Crippen molar-refractivity contribution < 1.29 is 9.47 Å². The Hall–Kier alpha value is -2.95. The van der Waals surface area contributed by atoms with Gasteiger partial charge in [0, 0.05) is 60.8 Å². The van der Waals surface area contributed by atoms with Gasteiger partial charge in [0.1, 0.15) is 10.3 Å². The fraction of sp³-hybridized carbons (Fsp3) is 0.550. The number of anilines is 1. The lowest BCUT2D eigenvalue weighted by molar-refractivity contribution is 0.109. The highest BCUT2D eigenvalue weighted by atomic mass is 35.5. The molecule has 12 nitrogen and oxygen atoms in total. The van der Waals surface area contributed by atoms with Crippen molar-refractivity contribution >= 4 is 73.9 Å². The first kappa shape index (κ1) is 43.6. The molecule has 2 saturated heterocycles. The van der Waals surface area contributed by atoms with Crippen LogP contribution in [0.2, 0.25) is 14.8 Å². The number of thiazole rings is 2. The van der Waals surface area contributed by atoms with Gasteiger partial charge in [0.15, 0.2) is 20.9 Å². The first-order valence-electron chi connectivity index (χ1n) is 19.8. The third kappa shape index (κ3) is 9.75. The van der Waals surface area contributed by atoms with Crippen LogP contribution < -0.4 is 10.2 Å². The number of morpholine rings is 2. The Morgan fingerprint density at radius 3 is 1.51 bits per heavy atom. The number of halogens is 3. The van der Waals surface area contributed by atoms with Crippen molar-refractivity contribution in [1.82, 2.24) is 44.5 Å². The maximum atomic E-state index is 6.60. The monoisotopic (exact) mass is 874 g/mol. The van der Waals surface area contributed by atoms with Crippen LogP contribution in [0.5, 0.6) is 0 Å². The van der Waals surface area contributed by atoms with Crippen molar-refractivity contribution in [3.8, 4) is 20.9 Å². The number of aryl methyl sites for hydroxylation is 4. The molecule has 2 fully saturated rings. The Morgan fingerprint density at radius 1 is 0.649 bits per heavy atom. The van der Waals surface area contributed by atoms with Crippen LogP contribution in [-0.2, 0) is 9.47 Å². The van der Waals surface area contributed by atoms with Gasteiger partial charge in [-0.05, 0) is 65.5 Å². The van der Waals surface area contributed by atoms with Crippen molar-refractivity contribution in [2.75, 3.05) is 57.5 Å². The second-order valence-corrected chi connectivity index (χ2v) is 17.5. The zero-order valence-electron chi connectivity index (χ0n) is 34.1. The molecule has 0 aromatic carbocycles. The lowest BCUT2D eigenvalue weighted by Crippen LogP contribution is -2.36.